The first-order valence-corrected chi connectivity index (χ1v) is 7.15. The molecule has 110 valence electrons. The number of aromatic nitrogens is 2. The lowest BCUT2D eigenvalue weighted by atomic mass is 9.91. The lowest BCUT2D eigenvalue weighted by Crippen LogP contribution is -2.57. The predicted octanol–water partition coefficient (Wildman–Crippen LogP) is 0.332. The van der Waals surface area contributed by atoms with Gasteiger partial charge in [0.05, 0.1) is 6.54 Å². The molecule has 1 atom stereocenters. The van der Waals surface area contributed by atoms with Gasteiger partial charge >= 0.3 is 6.01 Å². The van der Waals surface area contributed by atoms with Crippen molar-refractivity contribution in [1.82, 2.24) is 15.1 Å². The van der Waals surface area contributed by atoms with Crippen LogP contribution in [0.15, 0.2) is 4.42 Å². The lowest BCUT2D eigenvalue weighted by Gasteiger charge is -2.39. The lowest BCUT2D eigenvalue weighted by molar-refractivity contribution is -0.151. The first-order chi connectivity index (χ1) is 9.58. The van der Waals surface area contributed by atoms with Gasteiger partial charge in [-0.25, -0.2) is 0 Å². The van der Waals surface area contributed by atoms with Gasteiger partial charge in [-0.05, 0) is 25.7 Å². The first-order valence-electron chi connectivity index (χ1n) is 7.15. The van der Waals surface area contributed by atoms with Gasteiger partial charge in [0.2, 0.25) is 5.89 Å². The van der Waals surface area contributed by atoms with Gasteiger partial charge in [-0.15, -0.1) is 5.10 Å². The molecule has 0 aromatic carbocycles. The number of aryl methyl sites for hydroxylation is 1. The summed E-state index contributed by atoms with van der Waals surface area (Å²) in [5, 5.41) is 18.5. The highest BCUT2D eigenvalue weighted by Gasteiger charge is 2.44. The second-order valence-corrected chi connectivity index (χ2v) is 5.66. The fraction of sp³-hybridized carbons (Fsp3) is 0.769. The summed E-state index contributed by atoms with van der Waals surface area (Å²) in [5.41, 5.74) is -1.33. The predicted molar refractivity (Wildman–Crippen MR) is 71.2 cm³/mol. The Hall–Kier alpha value is -1.63. The average molecular weight is 280 g/mol. The monoisotopic (exact) mass is 280 g/mol. The van der Waals surface area contributed by atoms with E-state index in [9.17, 15) is 9.90 Å². The molecule has 3 rings (SSSR count). The Balaban J connectivity index is 1.74. The van der Waals surface area contributed by atoms with E-state index in [-0.39, 0.29) is 12.5 Å². The fourth-order valence-electron chi connectivity index (χ4n) is 3.00. The summed E-state index contributed by atoms with van der Waals surface area (Å²) >= 11 is 0. The average Bonchev–Trinajstić information content (AvgIpc) is 3.09. The Morgan fingerprint density at radius 3 is 2.65 bits per heavy atom. The SMILES string of the molecule is Cc1nnc(N2CCCC(O)(C(=O)N3CCCC3)C2)o1. The molecular weight excluding hydrogens is 260 g/mol. The van der Waals surface area contributed by atoms with E-state index in [0.717, 1.165) is 38.9 Å². The molecule has 7 nitrogen and oxygen atoms in total. The number of β-amino-alcohol motifs (C(OH)–C–C–N with tert-alkyl or cyclic N) is 1. The Morgan fingerprint density at radius 1 is 1.25 bits per heavy atom. The number of amides is 1. The summed E-state index contributed by atoms with van der Waals surface area (Å²) < 4.78 is 5.39. The number of likely N-dealkylation sites (tertiary alicyclic amines) is 1. The van der Waals surface area contributed by atoms with Gasteiger partial charge in [-0.1, -0.05) is 5.10 Å². The van der Waals surface area contributed by atoms with Crippen LogP contribution in [0.4, 0.5) is 6.01 Å². The zero-order valence-corrected chi connectivity index (χ0v) is 11.7. The van der Waals surface area contributed by atoms with Crippen molar-refractivity contribution in [3.8, 4) is 0 Å². The van der Waals surface area contributed by atoms with E-state index in [0.29, 0.717) is 18.3 Å². The summed E-state index contributed by atoms with van der Waals surface area (Å²) in [5.74, 6) is 0.330. The number of aliphatic hydroxyl groups is 1. The van der Waals surface area contributed by atoms with Crippen molar-refractivity contribution >= 4 is 11.9 Å². The van der Waals surface area contributed by atoms with E-state index in [1.165, 1.54) is 0 Å². The molecule has 1 aromatic heterocycles. The summed E-state index contributed by atoms with van der Waals surface area (Å²) in [6.07, 6.45) is 3.27. The van der Waals surface area contributed by atoms with Crippen molar-refractivity contribution < 1.29 is 14.3 Å². The van der Waals surface area contributed by atoms with Crippen LogP contribution in [0.25, 0.3) is 0 Å². The number of hydrogen-bond donors (Lipinski definition) is 1. The third-order valence-electron chi connectivity index (χ3n) is 4.05. The van der Waals surface area contributed by atoms with Crippen LogP contribution in [0.3, 0.4) is 0 Å². The highest BCUT2D eigenvalue weighted by molar-refractivity contribution is 5.86. The van der Waals surface area contributed by atoms with Gasteiger partial charge in [-0.3, -0.25) is 4.79 Å². The molecule has 2 aliphatic heterocycles. The second-order valence-electron chi connectivity index (χ2n) is 5.66. The highest BCUT2D eigenvalue weighted by Crippen LogP contribution is 2.28. The maximum Gasteiger partial charge on any atom is 0.318 e. The summed E-state index contributed by atoms with van der Waals surface area (Å²) in [6.45, 7) is 4.17. The molecule has 0 spiro atoms. The molecule has 0 saturated carbocycles. The van der Waals surface area contributed by atoms with E-state index in [2.05, 4.69) is 10.2 Å². The molecule has 0 bridgehead atoms. The van der Waals surface area contributed by atoms with E-state index >= 15 is 0 Å². The minimum Gasteiger partial charge on any atom is -0.408 e. The van der Waals surface area contributed by atoms with Crippen LogP contribution in [-0.4, -0.2) is 57.9 Å². The Morgan fingerprint density at radius 2 is 2.00 bits per heavy atom. The van der Waals surface area contributed by atoms with Crippen LogP contribution in [-0.2, 0) is 4.79 Å². The van der Waals surface area contributed by atoms with Gasteiger partial charge in [0.15, 0.2) is 5.60 Å². The van der Waals surface area contributed by atoms with Crippen LogP contribution >= 0.6 is 0 Å². The second kappa shape index (κ2) is 5.05. The van der Waals surface area contributed by atoms with Crippen LogP contribution in [0, 0.1) is 6.92 Å². The molecule has 2 fully saturated rings. The van der Waals surface area contributed by atoms with Crippen LogP contribution in [0.2, 0.25) is 0 Å². The van der Waals surface area contributed by atoms with Gasteiger partial charge in [-0.2, -0.15) is 0 Å². The minimum absolute atomic E-state index is 0.157. The van der Waals surface area contributed by atoms with Crippen LogP contribution < -0.4 is 4.90 Å². The summed E-state index contributed by atoms with van der Waals surface area (Å²) in [6, 6.07) is 0.384. The number of carbonyl (C=O) groups excluding carboxylic acids is 1. The van der Waals surface area contributed by atoms with E-state index in [4.69, 9.17) is 4.42 Å². The first kappa shape index (κ1) is 13.4. The Kier molecular flexibility index (Phi) is 3.37. The number of carbonyl (C=O) groups is 1. The Labute approximate surface area is 117 Å². The smallest absolute Gasteiger partial charge is 0.318 e. The summed E-state index contributed by atoms with van der Waals surface area (Å²) in [4.78, 5) is 16.1. The van der Waals surface area contributed by atoms with Gasteiger partial charge < -0.3 is 19.3 Å². The zero-order chi connectivity index (χ0) is 14.2. The van der Waals surface area contributed by atoms with Gasteiger partial charge in [0.1, 0.15) is 0 Å². The largest absolute Gasteiger partial charge is 0.408 e. The minimum atomic E-state index is -1.33. The number of anilines is 1. The molecular formula is C13H20N4O3. The van der Waals surface area contributed by atoms with E-state index in [1.807, 2.05) is 0 Å². The number of piperidine rings is 1. The number of rotatable bonds is 2. The number of nitrogens with zero attached hydrogens (tertiary/aromatic N) is 4. The third-order valence-corrected chi connectivity index (χ3v) is 4.05. The molecule has 0 aliphatic carbocycles. The standard InChI is InChI=1S/C13H20N4O3/c1-10-14-15-12(20-10)17-8-4-5-13(19,9-17)11(18)16-6-2-3-7-16/h19H,2-9H2,1H3. The third kappa shape index (κ3) is 2.37. The molecule has 0 radical (unpaired) electrons. The summed E-state index contributed by atoms with van der Waals surface area (Å²) in [7, 11) is 0. The molecule has 2 aliphatic rings. The normalized spacial score (nSPS) is 27.1. The van der Waals surface area contributed by atoms with E-state index in [1.54, 1.807) is 16.7 Å². The molecule has 1 aromatic rings. The van der Waals surface area contributed by atoms with Crippen molar-refractivity contribution in [3.63, 3.8) is 0 Å². The number of hydrogen-bond acceptors (Lipinski definition) is 6. The fourth-order valence-corrected chi connectivity index (χ4v) is 3.00. The molecule has 2 saturated heterocycles. The van der Waals surface area contributed by atoms with Crippen molar-refractivity contribution in [2.45, 2.75) is 38.2 Å². The van der Waals surface area contributed by atoms with Crippen molar-refractivity contribution in [2.24, 2.45) is 0 Å². The van der Waals surface area contributed by atoms with Gasteiger partial charge in [0, 0.05) is 26.6 Å². The van der Waals surface area contributed by atoms with Crippen molar-refractivity contribution in [3.05, 3.63) is 5.89 Å². The maximum atomic E-state index is 12.5. The van der Waals surface area contributed by atoms with Crippen LogP contribution in [0.1, 0.15) is 31.6 Å². The topological polar surface area (TPSA) is 82.7 Å². The molecule has 1 unspecified atom stereocenters. The molecule has 20 heavy (non-hydrogen) atoms. The maximum absolute atomic E-state index is 12.5. The highest BCUT2D eigenvalue weighted by atomic mass is 16.4. The quantitative estimate of drug-likeness (QED) is 0.840. The Bertz CT molecular complexity index is 498. The molecule has 3 heterocycles. The molecule has 7 heteroatoms. The van der Waals surface area contributed by atoms with E-state index < -0.39 is 5.60 Å². The molecule has 1 N–H and O–H groups in total. The zero-order valence-electron chi connectivity index (χ0n) is 11.7. The van der Waals surface area contributed by atoms with Crippen molar-refractivity contribution in [2.75, 3.05) is 31.1 Å². The van der Waals surface area contributed by atoms with Crippen molar-refractivity contribution in [1.29, 1.82) is 0 Å². The molecule has 1 amide bonds. The van der Waals surface area contributed by atoms with Gasteiger partial charge in [0.25, 0.3) is 5.91 Å². The van der Waals surface area contributed by atoms with Crippen LogP contribution in [0.5, 0.6) is 0 Å².